The Labute approximate surface area is 167 Å². The zero-order chi connectivity index (χ0) is 18.1. The first-order valence-corrected chi connectivity index (χ1v) is 9.39. The highest BCUT2D eigenvalue weighted by atomic mass is 35.5. The van der Waals surface area contributed by atoms with Gasteiger partial charge in [-0.25, -0.2) is 0 Å². The van der Waals surface area contributed by atoms with Gasteiger partial charge in [-0.2, -0.15) is 0 Å². The molecule has 2 aliphatic rings. The fraction of sp³-hybridized carbons (Fsp3) is 0.409. The zero-order valence-electron chi connectivity index (χ0n) is 15.9. The van der Waals surface area contributed by atoms with E-state index < -0.39 is 0 Å². The highest BCUT2D eigenvalue weighted by Gasteiger charge is 2.37. The van der Waals surface area contributed by atoms with Crippen LogP contribution in [0.25, 0.3) is 0 Å². The summed E-state index contributed by atoms with van der Waals surface area (Å²) in [7, 11) is 1.69. The number of carbonyl (C=O) groups excluding carboxylic acids is 1. The van der Waals surface area contributed by atoms with Gasteiger partial charge in [-0.1, -0.05) is 43.3 Å². The zero-order valence-corrected chi connectivity index (χ0v) is 16.7. The molecule has 0 spiro atoms. The molecule has 0 saturated carbocycles. The van der Waals surface area contributed by atoms with Crippen molar-refractivity contribution in [2.24, 2.45) is 11.8 Å². The van der Waals surface area contributed by atoms with Crippen LogP contribution in [-0.4, -0.2) is 31.0 Å². The van der Waals surface area contributed by atoms with Crippen LogP contribution in [0.3, 0.4) is 0 Å². The number of fused-ring (bicyclic) bond motifs is 1. The van der Waals surface area contributed by atoms with E-state index in [0.29, 0.717) is 12.5 Å². The molecule has 144 valence electrons. The van der Waals surface area contributed by atoms with Gasteiger partial charge in [-0.15, -0.1) is 12.4 Å². The van der Waals surface area contributed by atoms with Crippen LogP contribution in [0.2, 0.25) is 0 Å². The minimum Gasteiger partial charge on any atom is -0.497 e. The third kappa shape index (κ3) is 3.83. The van der Waals surface area contributed by atoms with Gasteiger partial charge >= 0.3 is 0 Å². The Morgan fingerprint density at radius 2 is 1.89 bits per heavy atom. The number of hydrogen-bond donors (Lipinski definition) is 1. The molecule has 1 N–H and O–H groups in total. The molecule has 4 rings (SSSR count). The fourth-order valence-corrected chi connectivity index (χ4v) is 4.02. The topological polar surface area (TPSA) is 41.6 Å². The van der Waals surface area contributed by atoms with Gasteiger partial charge in [-0.3, -0.25) is 4.79 Å². The number of rotatable bonds is 4. The van der Waals surface area contributed by atoms with Crippen molar-refractivity contribution in [1.29, 1.82) is 0 Å². The van der Waals surface area contributed by atoms with Crippen LogP contribution >= 0.6 is 12.4 Å². The van der Waals surface area contributed by atoms with Gasteiger partial charge in [0.2, 0.25) is 5.91 Å². The third-order valence-corrected chi connectivity index (χ3v) is 5.92. The van der Waals surface area contributed by atoms with Gasteiger partial charge in [0.05, 0.1) is 13.2 Å². The number of hydrogen-bond acceptors (Lipinski definition) is 3. The number of nitrogens with zero attached hydrogens (tertiary/aromatic N) is 1. The second kappa shape index (κ2) is 8.32. The van der Waals surface area contributed by atoms with Gasteiger partial charge in [0.1, 0.15) is 5.75 Å². The van der Waals surface area contributed by atoms with Crippen LogP contribution in [-0.2, 0) is 17.8 Å². The molecule has 1 saturated heterocycles. The number of nitrogens with one attached hydrogen (secondary N) is 1. The summed E-state index contributed by atoms with van der Waals surface area (Å²) in [6, 6.07) is 16.7. The SMILES string of the molecule is COc1ccc2c(c1)CN(C(=O)C(C)C1CNC1)C(c1ccccc1)C2.Cl. The van der Waals surface area contributed by atoms with Crippen molar-refractivity contribution < 1.29 is 9.53 Å². The Morgan fingerprint density at radius 1 is 1.15 bits per heavy atom. The Bertz CT molecular complexity index is 792. The lowest BCUT2D eigenvalue weighted by Crippen LogP contribution is -2.51. The van der Waals surface area contributed by atoms with E-state index in [1.807, 2.05) is 12.1 Å². The Hall–Kier alpha value is -2.04. The highest BCUT2D eigenvalue weighted by molar-refractivity contribution is 5.85. The predicted molar refractivity (Wildman–Crippen MR) is 109 cm³/mol. The van der Waals surface area contributed by atoms with E-state index in [1.54, 1.807) is 7.11 Å². The lowest BCUT2D eigenvalue weighted by Gasteiger charge is -2.41. The van der Waals surface area contributed by atoms with E-state index in [-0.39, 0.29) is 30.3 Å². The number of ether oxygens (including phenoxy) is 1. The number of carbonyl (C=O) groups is 1. The van der Waals surface area contributed by atoms with Crippen molar-refractivity contribution in [2.75, 3.05) is 20.2 Å². The summed E-state index contributed by atoms with van der Waals surface area (Å²) >= 11 is 0. The standard InChI is InChI=1S/C22H26N2O2.ClH/c1-15(19-12-23-13-19)22(25)24-14-18-10-20(26-2)9-8-17(18)11-21(24)16-6-4-3-5-7-16;/h3-10,15,19,21,23H,11-14H2,1-2H3;1H. The van der Waals surface area contributed by atoms with E-state index in [4.69, 9.17) is 4.74 Å². The molecule has 2 aromatic rings. The first kappa shape index (κ1) is 19.7. The predicted octanol–water partition coefficient (Wildman–Crippen LogP) is 3.60. The van der Waals surface area contributed by atoms with Crippen molar-refractivity contribution >= 4 is 18.3 Å². The Kier molecular flexibility index (Phi) is 6.08. The molecule has 5 heteroatoms. The fourth-order valence-electron chi connectivity index (χ4n) is 4.02. The molecule has 0 bridgehead atoms. The molecular weight excluding hydrogens is 360 g/mol. The molecule has 27 heavy (non-hydrogen) atoms. The van der Waals surface area contributed by atoms with Crippen molar-refractivity contribution in [1.82, 2.24) is 10.2 Å². The molecule has 1 amide bonds. The molecule has 2 aliphatic heterocycles. The second-order valence-electron chi connectivity index (χ2n) is 7.44. The van der Waals surface area contributed by atoms with Crippen molar-refractivity contribution in [3.8, 4) is 5.75 Å². The second-order valence-corrected chi connectivity index (χ2v) is 7.44. The molecule has 4 nitrogen and oxygen atoms in total. The van der Waals surface area contributed by atoms with Crippen LogP contribution in [0.5, 0.6) is 5.75 Å². The van der Waals surface area contributed by atoms with E-state index >= 15 is 0 Å². The molecule has 2 aromatic carbocycles. The normalized spacial score (nSPS) is 20.1. The maximum absolute atomic E-state index is 13.3. The molecule has 2 heterocycles. The average Bonchev–Trinajstić information content (AvgIpc) is 2.65. The maximum atomic E-state index is 13.3. The van der Waals surface area contributed by atoms with Gasteiger partial charge in [0.25, 0.3) is 0 Å². The number of benzene rings is 2. The smallest absolute Gasteiger partial charge is 0.226 e. The summed E-state index contributed by atoms with van der Waals surface area (Å²) in [5.41, 5.74) is 3.71. The molecule has 2 unspecified atom stereocenters. The summed E-state index contributed by atoms with van der Waals surface area (Å²) in [6.45, 7) is 4.62. The van der Waals surface area contributed by atoms with Gasteiger partial charge in [0.15, 0.2) is 0 Å². The van der Waals surface area contributed by atoms with E-state index in [9.17, 15) is 4.79 Å². The van der Waals surface area contributed by atoms with E-state index in [0.717, 1.165) is 25.3 Å². The average molecular weight is 387 g/mol. The minimum absolute atomic E-state index is 0. The minimum atomic E-state index is 0. The van der Waals surface area contributed by atoms with E-state index in [2.05, 4.69) is 53.5 Å². The number of halogens is 1. The van der Waals surface area contributed by atoms with Crippen molar-refractivity contribution in [2.45, 2.75) is 25.9 Å². The third-order valence-electron chi connectivity index (χ3n) is 5.92. The van der Waals surface area contributed by atoms with Gasteiger partial charge in [0, 0.05) is 12.5 Å². The molecule has 0 aliphatic carbocycles. The first-order chi connectivity index (χ1) is 12.7. The van der Waals surface area contributed by atoms with Gasteiger partial charge in [-0.05, 0) is 54.3 Å². The summed E-state index contributed by atoms with van der Waals surface area (Å²) in [5.74, 6) is 1.62. The van der Waals surface area contributed by atoms with Crippen LogP contribution in [0.4, 0.5) is 0 Å². The summed E-state index contributed by atoms with van der Waals surface area (Å²) < 4.78 is 5.39. The van der Waals surface area contributed by atoms with Crippen molar-refractivity contribution in [3.05, 3.63) is 65.2 Å². The van der Waals surface area contributed by atoms with Crippen LogP contribution in [0, 0.1) is 11.8 Å². The maximum Gasteiger partial charge on any atom is 0.226 e. The molecule has 2 atom stereocenters. The number of amides is 1. The van der Waals surface area contributed by atoms with E-state index in [1.165, 1.54) is 16.7 Å². The van der Waals surface area contributed by atoms with Crippen LogP contribution < -0.4 is 10.1 Å². The molecular formula is C22H27ClN2O2. The quantitative estimate of drug-likeness (QED) is 0.872. The van der Waals surface area contributed by atoms with Crippen LogP contribution in [0.15, 0.2) is 48.5 Å². The monoisotopic (exact) mass is 386 g/mol. The van der Waals surface area contributed by atoms with Crippen molar-refractivity contribution in [3.63, 3.8) is 0 Å². The molecule has 0 aromatic heterocycles. The Morgan fingerprint density at radius 3 is 2.52 bits per heavy atom. The lowest BCUT2D eigenvalue weighted by atomic mass is 9.84. The van der Waals surface area contributed by atoms with Gasteiger partial charge < -0.3 is 15.0 Å². The highest BCUT2D eigenvalue weighted by Crippen LogP contribution is 2.36. The Balaban J connectivity index is 0.00000210. The molecule has 1 fully saturated rings. The number of methoxy groups -OCH3 is 1. The first-order valence-electron chi connectivity index (χ1n) is 9.39. The lowest BCUT2D eigenvalue weighted by molar-refractivity contribution is -0.141. The molecule has 0 radical (unpaired) electrons. The van der Waals surface area contributed by atoms with Crippen LogP contribution in [0.1, 0.15) is 29.7 Å². The summed E-state index contributed by atoms with van der Waals surface area (Å²) in [6.07, 6.45) is 0.852. The summed E-state index contributed by atoms with van der Waals surface area (Å²) in [5, 5.41) is 3.29. The largest absolute Gasteiger partial charge is 0.497 e. The summed E-state index contributed by atoms with van der Waals surface area (Å²) in [4.78, 5) is 15.4.